The summed E-state index contributed by atoms with van der Waals surface area (Å²) in [6.07, 6.45) is 13.2. The number of unbranched alkanes of at least 4 members (excludes halogenated alkanes) is 2. The fourth-order valence-corrected chi connectivity index (χ4v) is 5.36. The Bertz CT molecular complexity index is 632. The van der Waals surface area contributed by atoms with Gasteiger partial charge < -0.3 is 9.47 Å². The minimum absolute atomic E-state index is 0.0744. The van der Waals surface area contributed by atoms with E-state index in [4.69, 9.17) is 9.47 Å². The molecule has 5 atom stereocenters. The highest BCUT2D eigenvalue weighted by Gasteiger charge is 2.51. The maximum Gasteiger partial charge on any atom is 0.334 e. The van der Waals surface area contributed by atoms with Gasteiger partial charge in [-0.05, 0) is 50.9 Å². The van der Waals surface area contributed by atoms with Gasteiger partial charge in [0, 0.05) is 17.4 Å². The van der Waals surface area contributed by atoms with Crippen LogP contribution in [0.25, 0.3) is 0 Å². The van der Waals surface area contributed by atoms with E-state index in [2.05, 4.69) is 19.1 Å². The molecule has 4 aliphatic rings. The topological polar surface area (TPSA) is 52.6 Å². The van der Waals surface area contributed by atoms with Gasteiger partial charge in [0.15, 0.2) is 0 Å². The number of carbonyl (C=O) groups excluding carboxylic acids is 2. The van der Waals surface area contributed by atoms with Crippen LogP contribution in [-0.2, 0) is 19.1 Å². The van der Waals surface area contributed by atoms with Gasteiger partial charge >= 0.3 is 11.9 Å². The lowest BCUT2D eigenvalue weighted by Gasteiger charge is -2.29. The second kappa shape index (κ2) is 7.58. The summed E-state index contributed by atoms with van der Waals surface area (Å²) in [7, 11) is 0. The van der Waals surface area contributed by atoms with E-state index in [1.54, 1.807) is 0 Å². The zero-order valence-electron chi connectivity index (χ0n) is 15.7. The van der Waals surface area contributed by atoms with Crippen LogP contribution in [0.5, 0.6) is 0 Å². The predicted molar refractivity (Wildman–Crippen MR) is 98.2 cm³/mol. The molecule has 0 amide bonds. The Kier molecular flexibility index (Phi) is 5.19. The number of hydrogen-bond acceptors (Lipinski definition) is 4. The molecule has 4 heteroatoms. The summed E-state index contributed by atoms with van der Waals surface area (Å²) in [6.45, 7) is 2.66. The molecule has 0 N–H and O–H groups in total. The van der Waals surface area contributed by atoms with Crippen LogP contribution < -0.4 is 0 Å². The first-order valence-electron chi connectivity index (χ1n) is 10.4. The third-order valence-electron chi connectivity index (χ3n) is 6.74. The van der Waals surface area contributed by atoms with E-state index in [1.165, 1.54) is 5.57 Å². The van der Waals surface area contributed by atoms with Crippen LogP contribution in [-0.4, -0.2) is 24.6 Å². The first-order chi connectivity index (χ1) is 12.7. The van der Waals surface area contributed by atoms with Gasteiger partial charge in [-0.2, -0.15) is 0 Å². The molecule has 4 rings (SSSR count). The van der Waals surface area contributed by atoms with Crippen molar-refractivity contribution in [2.75, 3.05) is 6.61 Å². The van der Waals surface area contributed by atoms with Gasteiger partial charge in [-0.25, -0.2) is 4.79 Å². The molecule has 0 heterocycles. The van der Waals surface area contributed by atoms with Crippen molar-refractivity contribution in [3.05, 3.63) is 23.3 Å². The van der Waals surface area contributed by atoms with E-state index in [9.17, 15) is 9.59 Å². The normalized spacial score (nSPS) is 34.4. The monoisotopic (exact) mass is 358 g/mol. The Morgan fingerprint density at radius 3 is 2.88 bits per heavy atom. The van der Waals surface area contributed by atoms with Crippen molar-refractivity contribution in [3.63, 3.8) is 0 Å². The van der Waals surface area contributed by atoms with Crippen molar-refractivity contribution in [3.8, 4) is 0 Å². The summed E-state index contributed by atoms with van der Waals surface area (Å²) in [4.78, 5) is 25.2. The van der Waals surface area contributed by atoms with Gasteiger partial charge in [0.1, 0.15) is 6.10 Å². The van der Waals surface area contributed by atoms with E-state index in [0.717, 1.165) is 63.4 Å². The molecule has 2 fully saturated rings. The molecule has 4 bridgehead atoms. The first-order valence-corrected chi connectivity index (χ1v) is 10.4. The minimum Gasteiger partial charge on any atom is -0.465 e. The standard InChI is InChI=1S/C22H30O4/c1-2-3-4-9-25-21(23)19-12-15-11-18(19)20(13-15)26-22(24)17-8-6-14-5-7-16(17)10-14/h8,10,15-16,18-20H,2-7,9,11-13H2,1H3. The van der Waals surface area contributed by atoms with Gasteiger partial charge in [0.25, 0.3) is 0 Å². The van der Waals surface area contributed by atoms with Crippen molar-refractivity contribution in [2.45, 2.75) is 70.8 Å². The highest BCUT2D eigenvalue weighted by Crippen LogP contribution is 2.50. The smallest absolute Gasteiger partial charge is 0.334 e. The van der Waals surface area contributed by atoms with E-state index < -0.39 is 0 Å². The fraction of sp³-hybridized carbons (Fsp3) is 0.727. The predicted octanol–water partition coefficient (Wildman–Crippen LogP) is 4.34. The van der Waals surface area contributed by atoms with Gasteiger partial charge in [-0.1, -0.05) is 37.5 Å². The minimum atomic E-state index is -0.153. The molecule has 0 saturated heterocycles. The fourth-order valence-electron chi connectivity index (χ4n) is 5.36. The molecular formula is C22H30O4. The Morgan fingerprint density at radius 2 is 2.08 bits per heavy atom. The van der Waals surface area contributed by atoms with Crippen molar-refractivity contribution in [1.82, 2.24) is 0 Å². The van der Waals surface area contributed by atoms with Gasteiger partial charge in [-0.15, -0.1) is 0 Å². The Balaban J connectivity index is 1.31. The van der Waals surface area contributed by atoms with Crippen LogP contribution in [0.1, 0.15) is 64.7 Å². The largest absolute Gasteiger partial charge is 0.465 e. The van der Waals surface area contributed by atoms with Crippen molar-refractivity contribution in [2.24, 2.45) is 23.7 Å². The summed E-state index contributed by atoms with van der Waals surface area (Å²) < 4.78 is 11.4. The lowest BCUT2D eigenvalue weighted by molar-refractivity contribution is -0.158. The Labute approximate surface area is 156 Å². The molecule has 0 radical (unpaired) electrons. The zero-order chi connectivity index (χ0) is 18.1. The molecule has 0 aliphatic heterocycles. The molecule has 0 aromatic carbocycles. The summed E-state index contributed by atoms with van der Waals surface area (Å²) in [5.41, 5.74) is 2.30. The van der Waals surface area contributed by atoms with Crippen molar-refractivity contribution in [1.29, 1.82) is 0 Å². The summed E-state index contributed by atoms with van der Waals surface area (Å²) in [5.74, 6) is 0.607. The van der Waals surface area contributed by atoms with Crippen LogP contribution in [0.2, 0.25) is 0 Å². The second-order valence-electron chi connectivity index (χ2n) is 8.50. The van der Waals surface area contributed by atoms with E-state index in [1.807, 2.05) is 0 Å². The Hall–Kier alpha value is -1.58. The van der Waals surface area contributed by atoms with Crippen LogP contribution in [0.3, 0.4) is 0 Å². The molecule has 5 unspecified atom stereocenters. The third-order valence-corrected chi connectivity index (χ3v) is 6.74. The maximum absolute atomic E-state index is 12.7. The molecule has 0 aromatic heterocycles. The van der Waals surface area contributed by atoms with Crippen LogP contribution >= 0.6 is 0 Å². The highest BCUT2D eigenvalue weighted by molar-refractivity contribution is 5.90. The van der Waals surface area contributed by atoms with Crippen LogP contribution in [0.4, 0.5) is 0 Å². The lowest BCUT2D eigenvalue weighted by atomic mass is 9.86. The number of hydrogen-bond donors (Lipinski definition) is 0. The number of fused-ring (bicyclic) bond motifs is 3. The maximum atomic E-state index is 12.7. The molecule has 4 nitrogen and oxygen atoms in total. The van der Waals surface area contributed by atoms with Gasteiger partial charge in [-0.3, -0.25) is 4.79 Å². The molecule has 26 heavy (non-hydrogen) atoms. The second-order valence-corrected chi connectivity index (χ2v) is 8.50. The number of ether oxygens (including phenoxy) is 2. The molecular weight excluding hydrogens is 328 g/mol. The van der Waals surface area contributed by atoms with Crippen LogP contribution in [0.15, 0.2) is 23.3 Å². The molecule has 0 aromatic rings. The molecule has 4 aliphatic carbocycles. The van der Waals surface area contributed by atoms with Crippen LogP contribution in [0, 0.1) is 23.7 Å². The summed E-state index contributed by atoms with van der Waals surface area (Å²) >= 11 is 0. The van der Waals surface area contributed by atoms with Crippen molar-refractivity contribution >= 4 is 11.9 Å². The molecule has 0 spiro atoms. The average Bonchev–Trinajstić information content (AvgIpc) is 3.33. The number of carbonyl (C=O) groups is 2. The summed E-state index contributed by atoms with van der Waals surface area (Å²) in [6, 6.07) is 0. The zero-order valence-corrected chi connectivity index (χ0v) is 15.7. The van der Waals surface area contributed by atoms with Gasteiger partial charge in [0.2, 0.25) is 0 Å². The Morgan fingerprint density at radius 1 is 1.19 bits per heavy atom. The SMILES string of the molecule is CCCCCOC(=O)C1CC2CC(OC(=O)C3=CCC4=CC3CC4)C1C2. The quantitative estimate of drug-likeness (QED) is 0.386. The highest BCUT2D eigenvalue weighted by atomic mass is 16.5. The number of rotatable bonds is 7. The lowest BCUT2D eigenvalue weighted by Crippen LogP contribution is -2.35. The van der Waals surface area contributed by atoms with E-state index >= 15 is 0 Å². The van der Waals surface area contributed by atoms with Crippen molar-refractivity contribution < 1.29 is 19.1 Å². The molecule has 2 saturated carbocycles. The summed E-state index contributed by atoms with van der Waals surface area (Å²) in [5, 5.41) is 0. The van der Waals surface area contributed by atoms with E-state index in [-0.39, 0.29) is 35.8 Å². The molecule has 142 valence electrons. The number of allylic oxidation sites excluding steroid dienone is 3. The average molecular weight is 358 g/mol. The van der Waals surface area contributed by atoms with Gasteiger partial charge in [0.05, 0.1) is 12.5 Å². The first kappa shape index (κ1) is 17.8. The van der Waals surface area contributed by atoms with E-state index in [0.29, 0.717) is 12.5 Å². The third kappa shape index (κ3) is 3.47. The number of esters is 2.